The summed E-state index contributed by atoms with van der Waals surface area (Å²) >= 11 is 12.6. The summed E-state index contributed by atoms with van der Waals surface area (Å²) in [7, 11) is 0. The molecule has 5 nitrogen and oxygen atoms in total. The molecule has 4 rings (SSSR count). The molecule has 7 heteroatoms. The van der Waals surface area contributed by atoms with Crippen molar-refractivity contribution in [3.63, 3.8) is 0 Å². The Labute approximate surface area is 204 Å². The zero-order valence-electron chi connectivity index (χ0n) is 18.5. The molecule has 0 radical (unpaired) electrons. The van der Waals surface area contributed by atoms with Crippen LogP contribution in [-0.2, 0) is 0 Å². The number of aliphatic imine (C=N–C) groups is 1. The molecule has 33 heavy (non-hydrogen) atoms. The van der Waals surface area contributed by atoms with Crippen LogP contribution in [0.2, 0.25) is 10.0 Å². The van der Waals surface area contributed by atoms with Gasteiger partial charge in [-0.2, -0.15) is 0 Å². The van der Waals surface area contributed by atoms with Crippen molar-refractivity contribution in [1.29, 1.82) is 0 Å². The highest BCUT2D eigenvalue weighted by molar-refractivity contribution is 6.35. The number of phenolic OH excluding ortho intramolecular Hbond substituents is 1. The third-order valence-corrected chi connectivity index (χ3v) is 6.06. The monoisotopic (exact) mass is 484 g/mol. The van der Waals surface area contributed by atoms with E-state index >= 15 is 0 Å². The van der Waals surface area contributed by atoms with Gasteiger partial charge in [-0.05, 0) is 61.9 Å². The van der Waals surface area contributed by atoms with Gasteiger partial charge in [0.15, 0.2) is 11.5 Å². The van der Waals surface area contributed by atoms with E-state index in [1.165, 1.54) is 0 Å². The Balaban J connectivity index is 1.75. The maximum absolute atomic E-state index is 10.9. The number of benzene rings is 3. The van der Waals surface area contributed by atoms with Gasteiger partial charge in [-0.25, -0.2) is 0 Å². The summed E-state index contributed by atoms with van der Waals surface area (Å²) in [6, 6.07) is 18.6. The standard InChI is InChI=1S/C26H26Cl2N2O3/c1-3-32-18-11-8-16(9-12-18)22-15-23(20-6-5-7-24(25(20)31)33-4-2)30-26(29-22)19-13-10-17(27)14-21(19)28/h5-14,23,26,30-31H,3-4,15H2,1-2H3/t23-,26-/m0/s1. The summed E-state index contributed by atoms with van der Waals surface area (Å²) in [6.07, 6.45) is 0.170. The number of ether oxygens (including phenoxy) is 2. The molecule has 0 unspecified atom stereocenters. The molecule has 1 heterocycles. The predicted octanol–water partition coefficient (Wildman–Crippen LogP) is 6.72. The number of nitrogens with zero attached hydrogens (tertiary/aromatic N) is 1. The highest BCUT2D eigenvalue weighted by Crippen LogP contribution is 2.40. The van der Waals surface area contributed by atoms with Crippen molar-refractivity contribution in [2.75, 3.05) is 13.2 Å². The second-order valence-electron chi connectivity index (χ2n) is 7.65. The maximum Gasteiger partial charge on any atom is 0.162 e. The lowest BCUT2D eigenvalue weighted by molar-refractivity contribution is 0.313. The lowest BCUT2D eigenvalue weighted by Crippen LogP contribution is -2.33. The summed E-state index contributed by atoms with van der Waals surface area (Å²) in [6.45, 7) is 4.93. The first-order chi connectivity index (χ1) is 16.0. The van der Waals surface area contributed by atoms with E-state index < -0.39 is 6.17 Å². The zero-order valence-corrected chi connectivity index (χ0v) is 20.0. The minimum Gasteiger partial charge on any atom is -0.504 e. The molecule has 0 spiro atoms. The van der Waals surface area contributed by atoms with E-state index in [2.05, 4.69) is 5.32 Å². The van der Waals surface area contributed by atoms with Gasteiger partial charge >= 0.3 is 0 Å². The fraction of sp³-hybridized carbons (Fsp3) is 0.269. The van der Waals surface area contributed by atoms with Gasteiger partial charge in [0.05, 0.1) is 13.2 Å². The van der Waals surface area contributed by atoms with Crippen LogP contribution < -0.4 is 14.8 Å². The molecule has 0 aliphatic carbocycles. The number of halogens is 2. The fourth-order valence-electron chi connectivity index (χ4n) is 3.97. The van der Waals surface area contributed by atoms with Crippen molar-refractivity contribution >= 4 is 28.9 Å². The quantitative estimate of drug-likeness (QED) is 0.390. The minimum absolute atomic E-state index is 0.130. The average molecular weight is 485 g/mol. The Morgan fingerprint density at radius 2 is 1.73 bits per heavy atom. The van der Waals surface area contributed by atoms with Gasteiger partial charge in [0, 0.05) is 39.3 Å². The molecular weight excluding hydrogens is 459 g/mol. The van der Waals surface area contributed by atoms with E-state index in [4.69, 9.17) is 37.7 Å². The fourth-order valence-corrected chi connectivity index (χ4v) is 4.48. The van der Waals surface area contributed by atoms with Crippen LogP contribution in [-0.4, -0.2) is 24.0 Å². The third kappa shape index (κ3) is 5.27. The van der Waals surface area contributed by atoms with Gasteiger partial charge in [-0.3, -0.25) is 10.3 Å². The molecule has 2 N–H and O–H groups in total. The van der Waals surface area contributed by atoms with Crippen molar-refractivity contribution in [3.05, 3.63) is 87.4 Å². The second kappa shape index (κ2) is 10.5. The van der Waals surface area contributed by atoms with E-state index in [0.717, 1.165) is 28.2 Å². The summed E-state index contributed by atoms with van der Waals surface area (Å²) < 4.78 is 11.2. The summed E-state index contributed by atoms with van der Waals surface area (Å²) in [5, 5.41) is 15.5. The normalized spacial score (nSPS) is 18.0. The first-order valence-corrected chi connectivity index (χ1v) is 11.7. The van der Waals surface area contributed by atoms with E-state index in [1.807, 2.05) is 56.3 Å². The number of aromatic hydroxyl groups is 1. The second-order valence-corrected chi connectivity index (χ2v) is 8.50. The third-order valence-electron chi connectivity index (χ3n) is 5.50. The summed E-state index contributed by atoms with van der Waals surface area (Å²) in [4.78, 5) is 4.98. The number of para-hydroxylation sites is 1. The van der Waals surface area contributed by atoms with Gasteiger partial charge in [0.1, 0.15) is 11.9 Å². The summed E-state index contributed by atoms with van der Waals surface area (Å²) in [5.41, 5.74) is 3.45. The molecule has 2 atom stereocenters. The van der Waals surface area contributed by atoms with E-state index in [-0.39, 0.29) is 11.8 Å². The number of hydrogen-bond donors (Lipinski definition) is 2. The molecule has 0 amide bonds. The predicted molar refractivity (Wildman–Crippen MR) is 133 cm³/mol. The van der Waals surface area contributed by atoms with E-state index in [9.17, 15) is 5.11 Å². The van der Waals surface area contributed by atoms with Crippen LogP contribution in [0.5, 0.6) is 17.2 Å². The Hall–Kier alpha value is -2.73. The molecule has 0 bridgehead atoms. The lowest BCUT2D eigenvalue weighted by atomic mass is 9.93. The topological polar surface area (TPSA) is 63.1 Å². The molecular formula is C26H26Cl2N2O3. The van der Waals surface area contributed by atoms with Crippen LogP contribution in [0.15, 0.2) is 65.7 Å². The molecule has 0 saturated carbocycles. The van der Waals surface area contributed by atoms with Crippen molar-refractivity contribution in [1.82, 2.24) is 5.32 Å². The van der Waals surface area contributed by atoms with Crippen molar-refractivity contribution < 1.29 is 14.6 Å². The van der Waals surface area contributed by atoms with Crippen LogP contribution in [0, 0.1) is 0 Å². The van der Waals surface area contributed by atoms with Gasteiger partial charge in [0.2, 0.25) is 0 Å². The smallest absolute Gasteiger partial charge is 0.162 e. The van der Waals surface area contributed by atoms with Crippen LogP contribution in [0.4, 0.5) is 0 Å². The molecule has 0 fully saturated rings. The first kappa shape index (κ1) is 23.4. The number of nitrogens with one attached hydrogen (secondary N) is 1. The van der Waals surface area contributed by atoms with Gasteiger partial charge in [-0.1, -0.05) is 41.4 Å². The largest absolute Gasteiger partial charge is 0.504 e. The molecule has 0 aromatic heterocycles. The average Bonchev–Trinajstić information content (AvgIpc) is 2.81. The Kier molecular flexibility index (Phi) is 7.43. The Morgan fingerprint density at radius 3 is 2.42 bits per heavy atom. The van der Waals surface area contributed by atoms with Crippen LogP contribution >= 0.6 is 23.2 Å². The number of hydrogen-bond acceptors (Lipinski definition) is 5. The molecule has 1 aliphatic rings. The molecule has 172 valence electrons. The highest BCUT2D eigenvalue weighted by atomic mass is 35.5. The van der Waals surface area contributed by atoms with Gasteiger partial charge in [0.25, 0.3) is 0 Å². The van der Waals surface area contributed by atoms with Crippen LogP contribution in [0.1, 0.15) is 49.2 Å². The minimum atomic E-state index is -0.412. The maximum atomic E-state index is 10.9. The molecule has 3 aromatic rings. The van der Waals surface area contributed by atoms with Crippen LogP contribution in [0.25, 0.3) is 0 Å². The number of rotatable bonds is 7. The van der Waals surface area contributed by atoms with Gasteiger partial charge in [-0.15, -0.1) is 0 Å². The molecule has 1 aliphatic heterocycles. The van der Waals surface area contributed by atoms with E-state index in [1.54, 1.807) is 18.2 Å². The van der Waals surface area contributed by atoms with Crippen molar-refractivity contribution in [2.24, 2.45) is 4.99 Å². The van der Waals surface area contributed by atoms with Crippen molar-refractivity contribution in [3.8, 4) is 17.2 Å². The zero-order chi connectivity index (χ0) is 23.4. The Bertz CT molecular complexity index is 1150. The first-order valence-electron chi connectivity index (χ1n) is 11.0. The highest BCUT2D eigenvalue weighted by Gasteiger charge is 2.29. The van der Waals surface area contributed by atoms with Crippen molar-refractivity contribution in [2.45, 2.75) is 32.5 Å². The Morgan fingerprint density at radius 1 is 0.970 bits per heavy atom. The van der Waals surface area contributed by atoms with Gasteiger partial charge < -0.3 is 14.6 Å². The SMILES string of the molecule is CCOc1ccc(C2=N[C@H](c3ccc(Cl)cc3Cl)N[C@H](c3cccc(OCC)c3O)C2)cc1. The molecule has 0 saturated heterocycles. The van der Waals surface area contributed by atoms with Crippen LogP contribution in [0.3, 0.4) is 0 Å². The molecule has 3 aromatic carbocycles. The van der Waals surface area contributed by atoms with E-state index in [0.29, 0.717) is 35.4 Å². The lowest BCUT2D eigenvalue weighted by Gasteiger charge is -2.31. The number of phenols is 1. The summed E-state index contributed by atoms with van der Waals surface area (Å²) in [5.74, 6) is 1.40.